The van der Waals surface area contributed by atoms with Gasteiger partial charge in [-0.1, -0.05) is 18.2 Å². The van der Waals surface area contributed by atoms with Gasteiger partial charge >= 0.3 is 0 Å². The SMILES string of the molecule is O=C1N=[C-]OC1CCc1ccccc1F. The van der Waals surface area contributed by atoms with Gasteiger partial charge in [0.1, 0.15) is 11.7 Å². The molecule has 1 aliphatic heterocycles. The van der Waals surface area contributed by atoms with Crippen molar-refractivity contribution in [1.82, 2.24) is 0 Å². The second-order valence-electron chi connectivity index (χ2n) is 3.28. The number of halogens is 1. The van der Waals surface area contributed by atoms with E-state index in [-0.39, 0.29) is 11.7 Å². The Kier molecular flexibility index (Phi) is 2.76. The van der Waals surface area contributed by atoms with Crippen LogP contribution in [0.3, 0.4) is 0 Å². The molecule has 1 atom stereocenters. The second kappa shape index (κ2) is 4.21. The van der Waals surface area contributed by atoms with Crippen molar-refractivity contribution in [3.8, 4) is 0 Å². The smallest absolute Gasteiger partial charge is 0.127 e. The zero-order chi connectivity index (χ0) is 10.7. The Morgan fingerprint density at radius 3 is 2.93 bits per heavy atom. The van der Waals surface area contributed by atoms with Gasteiger partial charge in [-0.15, -0.1) is 0 Å². The van der Waals surface area contributed by atoms with Crippen molar-refractivity contribution in [2.45, 2.75) is 18.9 Å². The van der Waals surface area contributed by atoms with Gasteiger partial charge in [-0.05, 0) is 24.5 Å². The number of aliphatic imine (C=N–C) groups is 1. The molecular formula is C11H9FNO2-. The number of amides is 1. The van der Waals surface area contributed by atoms with Crippen LogP contribution >= 0.6 is 0 Å². The molecule has 1 aliphatic rings. The Bertz CT molecular complexity index is 403. The number of hydrogen-bond acceptors (Lipinski definition) is 2. The van der Waals surface area contributed by atoms with Gasteiger partial charge in [-0.25, -0.2) is 4.39 Å². The normalized spacial score (nSPS) is 19.3. The van der Waals surface area contributed by atoms with Gasteiger partial charge in [0, 0.05) is 6.40 Å². The summed E-state index contributed by atoms with van der Waals surface area (Å²) in [6.07, 6.45) is 2.45. The lowest BCUT2D eigenvalue weighted by Crippen LogP contribution is -2.17. The number of carbonyl (C=O) groups is 1. The Morgan fingerprint density at radius 1 is 1.47 bits per heavy atom. The van der Waals surface area contributed by atoms with Crippen LogP contribution in [0.1, 0.15) is 12.0 Å². The molecule has 1 heterocycles. The monoisotopic (exact) mass is 206 g/mol. The van der Waals surface area contributed by atoms with Crippen molar-refractivity contribution in [3.63, 3.8) is 0 Å². The van der Waals surface area contributed by atoms with Gasteiger partial charge in [-0.3, -0.25) is 0 Å². The molecular weight excluding hydrogens is 197 g/mol. The third-order valence-corrected chi connectivity index (χ3v) is 2.26. The molecule has 78 valence electrons. The molecule has 0 radical (unpaired) electrons. The quantitative estimate of drug-likeness (QED) is 0.704. The van der Waals surface area contributed by atoms with Crippen LogP contribution in [0.5, 0.6) is 0 Å². The van der Waals surface area contributed by atoms with Crippen molar-refractivity contribution in [2.24, 2.45) is 4.99 Å². The minimum absolute atomic E-state index is 0.257. The largest absolute Gasteiger partial charge is 0.578 e. The maximum absolute atomic E-state index is 13.2. The number of nitrogens with zero attached hydrogens (tertiary/aromatic N) is 1. The summed E-state index contributed by atoms with van der Waals surface area (Å²) in [6, 6.07) is 6.49. The first-order chi connectivity index (χ1) is 7.27. The maximum Gasteiger partial charge on any atom is 0.127 e. The third-order valence-electron chi connectivity index (χ3n) is 2.26. The van der Waals surface area contributed by atoms with E-state index in [0.29, 0.717) is 18.4 Å². The first kappa shape index (κ1) is 9.83. The Hall–Kier alpha value is -1.71. The zero-order valence-corrected chi connectivity index (χ0v) is 7.94. The summed E-state index contributed by atoms with van der Waals surface area (Å²) >= 11 is 0. The van der Waals surface area contributed by atoms with E-state index in [0.717, 1.165) is 0 Å². The molecule has 2 rings (SSSR count). The molecule has 15 heavy (non-hydrogen) atoms. The number of carbonyl (C=O) groups excluding carboxylic acids is 1. The molecule has 0 saturated heterocycles. The average molecular weight is 206 g/mol. The topological polar surface area (TPSA) is 38.7 Å². The minimum atomic E-state index is -0.593. The fourth-order valence-corrected chi connectivity index (χ4v) is 1.43. The molecule has 1 amide bonds. The maximum atomic E-state index is 13.2. The summed E-state index contributed by atoms with van der Waals surface area (Å²) in [7, 11) is 0. The molecule has 1 aromatic carbocycles. The van der Waals surface area contributed by atoms with Gasteiger partial charge in [0.05, 0.1) is 6.10 Å². The molecule has 1 aromatic rings. The highest BCUT2D eigenvalue weighted by Gasteiger charge is 2.13. The molecule has 4 heteroatoms. The molecule has 3 nitrogen and oxygen atoms in total. The fraction of sp³-hybridized carbons (Fsp3) is 0.273. The van der Waals surface area contributed by atoms with Crippen molar-refractivity contribution in [1.29, 1.82) is 0 Å². The Labute approximate surface area is 86.6 Å². The Morgan fingerprint density at radius 2 is 2.27 bits per heavy atom. The van der Waals surface area contributed by atoms with Crippen molar-refractivity contribution in [2.75, 3.05) is 0 Å². The number of rotatable bonds is 3. The van der Waals surface area contributed by atoms with Crippen LogP contribution < -0.4 is 0 Å². The molecule has 0 bridgehead atoms. The van der Waals surface area contributed by atoms with E-state index in [1.165, 1.54) is 6.07 Å². The van der Waals surface area contributed by atoms with Crippen molar-refractivity contribution < 1.29 is 13.9 Å². The molecule has 0 aliphatic carbocycles. The average Bonchev–Trinajstić information content (AvgIpc) is 2.63. The van der Waals surface area contributed by atoms with E-state index in [9.17, 15) is 9.18 Å². The van der Waals surface area contributed by atoms with Crippen LogP contribution in [-0.2, 0) is 16.0 Å². The van der Waals surface area contributed by atoms with E-state index >= 15 is 0 Å². The molecule has 0 N–H and O–H groups in total. The standard InChI is InChI=1S/C11H9FNO2/c12-9-4-2-1-3-8(9)5-6-10-11(14)13-7-15-10/h1-4,10H,5-6H2/q-1. The van der Waals surface area contributed by atoms with Crippen molar-refractivity contribution >= 4 is 12.3 Å². The van der Waals surface area contributed by atoms with E-state index in [1.807, 2.05) is 0 Å². The molecule has 1 unspecified atom stereocenters. The van der Waals surface area contributed by atoms with Crippen LogP contribution in [0.15, 0.2) is 29.3 Å². The summed E-state index contributed by atoms with van der Waals surface area (Å²) < 4.78 is 18.0. The lowest BCUT2D eigenvalue weighted by Gasteiger charge is -2.13. The number of aryl methyl sites for hydroxylation is 1. The van der Waals surface area contributed by atoms with E-state index < -0.39 is 6.10 Å². The summed E-state index contributed by atoms with van der Waals surface area (Å²) in [5, 5.41) is 0. The van der Waals surface area contributed by atoms with E-state index in [1.54, 1.807) is 18.2 Å². The van der Waals surface area contributed by atoms with Crippen LogP contribution in [0.25, 0.3) is 0 Å². The Balaban J connectivity index is 1.94. The predicted octanol–water partition coefficient (Wildman–Crippen LogP) is 1.59. The van der Waals surface area contributed by atoms with Crippen LogP contribution in [0, 0.1) is 5.82 Å². The number of benzene rings is 1. The van der Waals surface area contributed by atoms with Crippen LogP contribution in [0.4, 0.5) is 4.39 Å². The van der Waals surface area contributed by atoms with Crippen LogP contribution in [-0.4, -0.2) is 18.4 Å². The van der Waals surface area contributed by atoms with E-state index in [2.05, 4.69) is 11.4 Å². The van der Waals surface area contributed by atoms with Crippen LogP contribution in [0.2, 0.25) is 0 Å². The van der Waals surface area contributed by atoms with Gasteiger partial charge in [0.25, 0.3) is 0 Å². The zero-order valence-electron chi connectivity index (χ0n) is 7.94. The third kappa shape index (κ3) is 2.21. The minimum Gasteiger partial charge on any atom is -0.578 e. The molecule has 0 spiro atoms. The predicted molar refractivity (Wildman–Crippen MR) is 52.0 cm³/mol. The molecule has 0 fully saturated rings. The first-order valence-corrected chi connectivity index (χ1v) is 4.66. The number of hydrogen-bond donors (Lipinski definition) is 0. The lowest BCUT2D eigenvalue weighted by molar-refractivity contribution is -0.122. The van der Waals surface area contributed by atoms with Gasteiger partial charge in [-0.2, -0.15) is 0 Å². The summed E-state index contributed by atoms with van der Waals surface area (Å²) in [5.41, 5.74) is 0.584. The summed E-state index contributed by atoms with van der Waals surface area (Å²) in [5.74, 6) is -0.598. The summed E-state index contributed by atoms with van der Waals surface area (Å²) in [4.78, 5) is 14.4. The lowest BCUT2D eigenvalue weighted by atomic mass is 10.1. The molecule has 0 aromatic heterocycles. The molecule has 0 saturated carbocycles. The van der Waals surface area contributed by atoms with Crippen molar-refractivity contribution in [3.05, 3.63) is 35.6 Å². The fourth-order valence-electron chi connectivity index (χ4n) is 1.43. The highest BCUT2D eigenvalue weighted by atomic mass is 19.1. The number of ether oxygens (including phenoxy) is 1. The van der Waals surface area contributed by atoms with E-state index in [4.69, 9.17) is 4.74 Å². The second-order valence-corrected chi connectivity index (χ2v) is 3.28. The highest BCUT2D eigenvalue weighted by Crippen LogP contribution is 2.13. The highest BCUT2D eigenvalue weighted by molar-refractivity contribution is 5.91. The first-order valence-electron chi connectivity index (χ1n) is 4.66. The summed E-state index contributed by atoms with van der Waals surface area (Å²) in [6.45, 7) is 0. The van der Waals surface area contributed by atoms with Gasteiger partial charge in [0.15, 0.2) is 0 Å². The van der Waals surface area contributed by atoms with Gasteiger partial charge < -0.3 is 14.5 Å². The van der Waals surface area contributed by atoms with Gasteiger partial charge in [0.2, 0.25) is 0 Å².